The average molecular weight is 402 g/mol. The molecule has 0 aliphatic carbocycles. The van der Waals surface area contributed by atoms with Crippen LogP contribution in [-0.2, 0) is 4.79 Å². The van der Waals surface area contributed by atoms with Crippen LogP contribution in [0, 0.1) is 18.7 Å². The van der Waals surface area contributed by atoms with Crippen LogP contribution in [0.1, 0.15) is 38.1 Å². The Kier molecular flexibility index (Phi) is 5.79. The van der Waals surface area contributed by atoms with E-state index in [9.17, 15) is 9.18 Å². The SMILES string of the molecule is CC1=C(C(=O)Nc2cc(C)on2)[C@H](c2cccc(F)c2)NC(=S)N1CC(C)C. The second kappa shape index (κ2) is 8.10. The lowest BCUT2D eigenvalue weighted by molar-refractivity contribution is -0.113. The Morgan fingerprint density at radius 2 is 2.14 bits per heavy atom. The summed E-state index contributed by atoms with van der Waals surface area (Å²) in [4.78, 5) is 15.0. The van der Waals surface area contributed by atoms with Crippen molar-refractivity contribution in [1.82, 2.24) is 15.4 Å². The van der Waals surface area contributed by atoms with Gasteiger partial charge >= 0.3 is 0 Å². The molecule has 0 fully saturated rings. The standard InChI is InChI=1S/C20H23FN4O2S/c1-11(2)10-25-13(4)17(19(26)22-16-8-12(3)27-24-16)18(23-20(25)28)14-6-5-7-15(21)9-14/h5-9,11,18H,10H2,1-4H3,(H,23,28)(H,22,24,26)/t18-/m0/s1. The number of allylic oxidation sites excluding steroid dienone is 1. The number of aromatic nitrogens is 1. The van der Waals surface area contributed by atoms with Crippen molar-refractivity contribution in [2.45, 2.75) is 33.7 Å². The maximum absolute atomic E-state index is 13.8. The van der Waals surface area contributed by atoms with E-state index in [0.717, 1.165) is 5.70 Å². The quantitative estimate of drug-likeness (QED) is 0.739. The van der Waals surface area contributed by atoms with Crippen LogP contribution in [0.15, 0.2) is 46.1 Å². The molecule has 1 aliphatic heterocycles. The molecule has 0 spiro atoms. The van der Waals surface area contributed by atoms with Crippen molar-refractivity contribution in [2.24, 2.45) is 5.92 Å². The molecule has 2 heterocycles. The van der Waals surface area contributed by atoms with Crippen LogP contribution >= 0.6 is 12.2 Å². The number of thiocarbonyl (C=S) groups is 1. The summed E-state index contributed by atoms with van der Waals surface area (Å²) in [5, 5.41) is 10.3. The summed E-state index contributed by atoms with van der Waals surface area (Å²) in [6, 6.07) is 7.21. The molecule has 1 aromatic carbocycles. The smallest absolute Gasteiger partial charge is 0.257 e. The van der Waals surface area contributed by atoms with E-state index in [1.54, 1.807) is 25.1 Å². The van der Waals surface area contributed by atoms with Crippen molar-refractivity contribution in [3.8, 4) is 0 Å². The Hall–Kier alpha value is -2.74. The lowest BCUT2D eigenvalue weighted by atomic mass is 9.94. The van der Waals surface area contributed by atoms with Gasteiger partial charge in [-0.05, 0) is 49.7 Å². The zero-order valence-electron chi connectivity index (χ0n) is 16.2. The molecular weight excluding hydrogens is 379 g/mol. The highest BCUT2D eigenvalue weighted by molar-refractivity contribution is 7.80. The van der Waals surface area contributed by atoms with Gasteiger partial charge in [0, 0.05) is 18.3 Å². The number of halogens is 1. The monoisotopic (exact) mass is 402 g/mol. The molecular formula is C20H23FN4O2S. The van der Waals surface area contributed by atoms with Gasteiger partial charge < -0.3 is 20.1 Å². The second-order valence-corrected chi connectivity index (χ2v) is 7.60. The third-order valence-electron chi connectivity index (χ3n) is 4.44. The summed E-state index contributed by atoms with van der Waals surface area (Å²) < 4.78 is 18.9. The third-order valence-corrected chi connectivity index (χ3v) is 4.78. The van der Waals surface area contributed by atoms with Gasteiger partial charge in [-0.3, -0.25) is 4.79 Å². The first-order chi connectivity index (χ1) is 13.3. The molecule has 1 aromatic heterocycles. The Morgan fingerprint density at radius 1 is 1.39 bits per heavy atom. The van der Waals surface area contributed by atoms with Crippen LogP contribution in [0.2, 0.25) is 0 Å². The number of carbonyl (C=O) groups excluding carboxylic acids is 1. The number of amides is 1. The van der Waals surface area contributed by atoms with Crippen molar-refractivity contribution in [2.75, 3.05) is 11.9 Å². The third kappa shape index (κ3) is 4.22. The van der Waals surface area contributed by atoms with Crippen molar-refractivity contribution in [1.29, 1.82) is 0 Å². The molecule has 8 heteroatoms. The van der Waals surface area contributed by atoms with Crippen LogP contribution < -0.4 is 10.6 Å². The molecule has 3 rings (SSSR count). The van der Waals surface area contributed by atoms with Crippen molar-refractivity contribution >= 4 is 29.1 Å². The summed E-state index contributed by atoms with van der Waals surface area (Å²) in [5.41, 5.74) is 1.80. The summed E-state index contributed by atoms with van der Waals surface area (Å²) >= 11 is 5.53. The molecule has 6 nitrogen and oxygen atoms in total. The first-order valence-corrected chi connectivity index (χ1v) is 9.46. The normalized spacial score (nSPS) is 17.1. The van der Waals surface area contributed by atoms with Gasteiger partial charge in [-0.2, -0.15) is 0 Å². The van der Waals surface area contributed by atoms with Gasteiger partial charge in [0.1, 0.15) is 11.6 Å². The topological polar surface area (TPSA) is 70.4 Å². The lowest BCUT2D eigenvalue weighted by Crippen LogP contribution is -2.49. The largest absolute Gasteiger partial charge is 0.360 e. The number of benzene rings is 1. The summed E-state index contributed by atoms with van der Waals surface area (Å²) in [5.74, 6) is 0.530. The van der Waals surface area contributed by atoms with Gasteiger partial charge in [-0.25, -0.2) is 4.39 Å². The van der Waals surface area contributed by atoms with E-state index in [-0.39, 0.29) is 11.7 Å². The van der Waals surface area contributed by atoms with E-state index in [4.69, 9.17) is 16.7 Å². The van der Waals surface area contributed by atoms with E-state index >= 15 is 0 Å². The molecule has 2 aromatic rings. The van der Waals surface area contributed by atoms with Gasteiger partial charge in [0.15, 0.2) is 10.9 Å². The molecule has 0 saturated heterocycles. The van der Waals surface area contributed by atoms with Gasteiger partial charge in [-0.1, -0.05) is 31.1 Å². The van der Waals surface area contributed by atoms with Crippen LogP contribution in [0.25, 0.3) is 0 Å². The molecule has 28 heavy (non-hydrogen) atoms. The fourth-order valence-electron chi connectivity index (χ4n) is 3.21. The molecule has 1 atom stereocenters. The number of nitrogens with zero attached hydrogens (tertiary/aromatic N) is 2. The van der Waals surface area contributed by atoms with E-state index < -0.39 is 6.04 Å². The predicted octanol–water partition coefficient (Wildman–Crippen LogP) is 3.92. The molecule has 2 N–H and O–H groups in total. The van der Waals surface area contributed by atoms with Crippen molar-refractivity contribution in [3.05, 3.63) is 58.7 Å². The number of aryl methyl sites for hydroxylation is 1. The number of rotatable bonds is 5. The van der Waals surface area contributed by atoms with E-state index in [1.165, 1.54) is 12.1 Å². The molecule has 1 amide bonds. The number of hydrogen-bond acceptors (Lipinski definition) is 4. The van der Waals surface area contributed by atoms with Crippen LogP contribution in [-0.4, -0.2) is 27.6 Å². The van der Waals surface area contributed by atoms with Gasteiger partial charge in [-0.15, -0.1) is 0 Å². The number of nitrogens with one attached hydrogen (secondary N) is 2. The highest BCUT2D eigenvalue weighted by Crippen LogP contribution is 2.32. The Labute approximate surface area is 168 Å². The lowest BCUT2D eigenvalue weighted by Gasteiger charge is -2.38. The van der Waals surface area contributed by atoms with E-state index in [1.807, 2.05) is 11.8 Å². The van der Waals surface area contributed by atoms with Gasteiger partial charge in [0.25, 0.3) is 5.91 Å². The maximum Gasteiger partial charge on any atom is 0.257 e. The molecule has 0 unspecified atom stereocenters. The molecule has 1 aliphatic rings. The molecule has 0 saturated carbocycles. The Bertz CT molecular complexity index is 938. The number of hydrogen-bond donors (Lipinski definition) is 2. The highest BCUT2D eigenvalue weighted by Gasteiger charge is 2.34. The average Bonchev–Trinajstić information content (AvgIpc) is 3.02. The first kappa shape index (κ1) is 20.0. The van der Waals surface area contributed by atoms with E-state index in [0.29, 0.717) is 40.3 Å². The fraction of sp³-hybridized carbons (Fsp3) is 0.350. The Morgan fingerprint density at radius 3 is 2.75 bits per heavy atom. The fourth-order valence-corrected chi connectivity index (χ4v) is 3.53. The zero-order valence-corrected chi connectivity index (χ0v) is 17.1. The summed E-state index contributed by atoms with van der Waals surface area (Å²) in [6.45, 7) is 8.41. The zero-order chi connectivity index (χ0) is 20.4. The Balaban J connectivity index is 2.03. The maximum atomic E-state index is 13.8. The van der Waals surface area contributed by atoms with Crippen LogP contribution in [0.4, 0.5) is 10.2 Å². The van der Waals surface area contributed by atoms with E-state index in [2.05, 4.69) is 29.6 Å². The molecule has 0 bridgehead atoms. The first-order valence-electron chi connectivity index (χ1n) is 9.05. The minimum absolute atomic E-state index is 0.323. The minimum atomic E-state index is -0.570. The summed E-state index contributed by atoms with van der Waals surface area (Å²) in [6.07, 6.45) is 0. The molecule has 0 radical (unpaired) electrons. The van der Waals surface area contributed by atoms with Gasteiger partial charge in [0.2, 0.25) is 0 Å². The number of anilines is 1. The van der Waals surface area contributed by atoms with Crippen molar-refractivity contribution < 1.29 is 13.7 Å². The van der Waals surface area contributed by atoms with Crippen molar-refractivity contribution in [3.63, 3.8) is 0 Å². The summed E-state index contributed by atoms with van der Waals surface area (Å²) in [7, 11) is 0. The molecule has 148 valence electrons. The highest BCUT2D eigenvalue weighted by atomic mass is 32.1. The van der Waals surface area contributed by atoms with Crippen LogP contribution in [0.5, 0.6) is 0 Å². The predicted molar refractivity (Wildman–Crippen MR) is 109 cm³/mol. The minimum Gasteiger partial charge on any atom is -0.360 e. The second-order valence-electron chi connectivity index (χ2n) is 7.22. The van der Waals surface area contributed by atoms with Gasteiger partial charge in [0.05, 0.1) is 11.6 Å². The number of carbonyl (C=O) groups is 1. The van der Waals surface area contributed by atoms with Crippen LogP contribution in [0.3, 0.4) is 0 Å².